The third kappa shape index (κ3) is 4.35. The summed E-state index contributed by atoms with van der Waals surface area (Å²) in [6, 6.07) is 8.03. The molecule has 0 aliphatic heterocycles. The molecular weight excluding hydrogens is 354 g/mol. The van der Waals surface area contributed by atoms with Gasteiger partial charge in [-0.25, -0.2) is 0 Å². The predicted octanol–water partition coefficient (Wildman–Crippen LogP) is 4.10. The van der Waals surface area contributed by atoms with Crippen LogP contribution >= 0.6 is 0 Å². The summed E-state index contributed by atoms with van der Waals surface area (Å²) in [7, 11) is 1.67. The molecule has 28 heavy (non-hydrogen) atoms. The number of rotatable bonds is 10. The van der Waals surface area contributed by atoms with E-state index in [1.165, 1.54) is 0 Å². The molecule has 150 valence electrons. The summed E-state index contributed by atoms with van der Waals surface area (Å²) in [5.74, 6) is 2.43. The fraction of sp³-hybridized carbons (Fsp3) is 0.476. The van der Waals surface area contributed by atoms with E-state index in [4.69, 9.17) is 14.6 Å². The van der Waals surface area contributed by atoms with Crippen LogP contribution in [0.2, 0.25) is 0 Å². The van der Waals surface area contributed by atoms with Crippen LogP contribution in [0.4, 0.5) is 0 Å². The van der Waals surface area contributed by atoms with Gasteiger partial charge in [0.1, 0.15) is 23.5 Å². The van der Waals surface area contributed by atoms with Crippen molar-refractivity contribution in [3.63, 3.8) is 0 Å². The van der Waals surface area contributed by atoms with Crippen molar-refractivity contribution < 1.29 is 9.47 Å². The number of unbranched alkanes of at least 4 members (excludes halogenated alkanes) is 1. The first-order valence-corrected chi connectivity index (χ1v) is 9.89. The van der Waals surface area contributed by atoms with Crippen LogP contribution < -0.4 is 9.47 Å². The number of nitrogens with zero attached hydrogens (tertiary/aromatic N) is 5. The number of aryl methyl sites for hydroxylation is 2. The number of hydrogen-bond donors (Lipinski definition) is 0. The number of methoxy groups -OCH3 is 1. The SMILES string of the molecule is CCCCOc1c(C)nn(CCC)c1-c1nncn1Cc1ccc(OC)cc1. The second-order valence-corrected chi connectivity index (χ2v) is 6.82. The van der Waals surface area contributed by atoms with Gasteiger partial charge in [0.2, 0.25) is 0 Å². The molecule has 0 saturated heterocycles. The molecule has 3 rings (SSSR count). The third-order valence-electron chi connectivity index (χ3n) is 4.59. The lowest BCUT2D eigenvalue weighted by atomic mass is 10.2. The molecule has 7 heteroatoms. The normalized spacial score (nSPS) is 11.0. The lowest BCUT2D eigenvalue weighted by Crippen LogP contribution is -2.08. The standard InChI is InChI=1S/C21H29N5O2/c1-5-7-13-28-20-16(3)24-26(12-6-2)19(20)21-23-22-15-25(21)14-17-8-10-18(27-4)11-9-17/h8-11,15H,5-7,12-14H2,1-4H3. The van der Waals surface area contributed by atoms with Crippen LogP contribution in [0.5, 0.6) is 11.5 Å². The first-order valence-electron chi connectivity index (χ1n) is 9.89. The highest BCUT2D eigenvalue weighted by Crippen LogP contribution is 2.33. The highest BCUT2D eigenvalue weighted by Gasteiger charge is 2.23. The van der Waals surface area contributed by atoms with Gasteiger partial charge >= 0.3 is 0 Å². The van der Waals surface area contributed by atoms with Crippen LogP contribution in [0.1, 0.15) is 44.4 Å². The first kappa shape index (κ1) is 19.9. The maximum Gasteiger partial charge on any atom is 0.186 e. The fourth-order valence-electron chi connectivity index (χ4n) is 3.13. The van der Waals surface area contributed by atoms with E-state index in [0.29, 0.717) is 13.2 Å². The zero-order valence-electron chi connectivity index (χ0n) is 17.2. The van der Waals surface area contributed by atoms with Crippen LogP contribution in [0.15, 0.2) is 30.6 Å². The van der Waals surface area contributed by atoms with Crippen molar-refractivity contribution in [3.05, 3.63) is 41.9 Å². The summed E-state index contributed by atoms with van der Waals surface area (Å²) in [6.07, 6.45) is 4.84. The van der Waals surface area contributed by atoms with Crippen molar-refractivity contribution >= 4 is 0 Å². The number of aromatic nitrogens is 5. The molecule has 0 aliphatic rings. The van der Waals surface area contributed by atoms with Crippen molar-refractivity contribution in [3.8, 4) is 23.0 Å². The van der Waals surface area contributed by atoms with Crippen LogP contribution in [0, 0.1) is 6.92 Å². The summed E-state index contributed by atoms with van der Waals surface area (Å²) in [5.41, 5.74) is 2.94. The Morgan fingerprint density at radius 1 is 1.07 bits per heavy atom. The van der Waals surface area contributed by atoms with Crippen molar-refractivity contribution in [1.29, 1.82) is 0 Å². The Kier molecular flexibility index (Phi) is 6.68. The fourth-order valence-corrected chi connectivity index (χ4v) is 3.13. The average Bonchev–Trinajstić information content (AvgIpc) is 3.27. The van der Waals surface area contributed by atoms with E-state index in [-0.39, 0.29) is 0 Å². The van der Waals surface area contributed by atoms with E-state index in [2.05, 4.69) is 36.2 Å². The van der Waals surface area contributed by atoms with Gasteiger partial charge in [0.25, 0.3) is 0 Å². The van der Waals surface area contributed by atoms with Gasteiger partial charge in [-0.15, -0.1) is 10.2 Å². The van der Waals surface area contributed by atoms with Gasteiger partial charge in [0.05, 0.1) is 20.3 Å². The van der Waals surface area contributed by atoms with Crippen molar-refractivity contribution in [2.75, 3.05) is 13.7 Å². The minimum absolute atomic E-state index is 0.664. The lowest BCUT2D eigenvalue weighted by Gasteiger charge is -2.12. The molecule has 2 heterocycles. The van der Waals surface area contributed by atoms with Crippen molar-refractivity contribution in [2.24, 2.45) is 0 Å². The van der Waals surface area contributed by atoms with Gasteiger partial charge < -0.3 is 14.0 Å². The molecule has 0 radical (unpaired) electrons. The largest absolute Gasteiger partial charge is 0.497 e. The number of benzene rings is 1. The monoisotopic (exact) mass is 383 g/mol. The summed E-state index contributed by atoms with van der Waals surface area (Å²) in [4.78, 5) is 0. The lowest BCUT2D eigenvalue weighted by molar-refractivity contribution is 0.308. The Bertz CT molecular complexity index is 883. The van der Waals surface area contributed by atoms with Gasteiger partial charge in [-0.05, 0) is 37.5 Å². The molecule has 0 saturated carbocycles. The molecule has 1 aromatic carbocycles. The molecule has 0 fully saturated rings. The molecule has 0 atom stereocenters. The Morgan fingerprint density at radius 3 is 2.54 bits per heavy atom. The van der Waals surface area contributed by atoms with E-state index < -0.39 is 0 Å². The van der Waals surface area contributed by atoms with E-state index in [1.54, 1.807) is 13.4 Å². The Balaban J connectivity index is 1.95. The summed E-state index contributed by atoms with van der Waals surface area (Å²) < 4.78 is 15.4. The maximum atomic E-state index is 6.11. The molecule has 0 unspecified atom stereocenters. The zero-order valence-corrected chi connectivity index (χ0v) is 17.2. The highest BCUT2D eigenvalue weighted by molar-refractivity contribution is 5.62. The van der Waals surface area contributed by atoms with Crippen LogP contribution in [0.25, 0.3) is 11.5 Å². The zero-order chi connectivity index (χ0) is 19.9. The van der Waals surface area contributed by atoms with Gasteiger partial charge in [-0.1, -0.05) is 32.4 Å². The molecule has 3 aromatic rings. The van der Waals surface area contributed by atoms with Gasteiger partial charge in [-0.3, -0.25) is 4.68 Å². The number of hydrogen-bond acceptors (Lipinski definition) is 5. The Labute approximate surface area is 166 Å². The minimum atomic E-state index is 0.664. The second-order valence-electron chi connectivity index (χ2n) is 6.82. The molecule has 7 nitrogen and oxygen atoms in total. The van der Waals surface area contributed by atoms with Crippen molar-refractivity contribution in [1.82, 2.24) is 24.5 Å². The molecule has 0 spiro atoms. The second kappa shape index (κ2) is 9.39. The van der Waals surface area contributed by atoms with Gasteiger partial charge in [0, 0.05) is 6.54 Å². The highest BCUT2D eigenvalue weighted by atomic mass is 16.5. The molecule has 0 aliphatic carbocycles. The quantitative estimate of drug-likeness (QED) is 0.493. The molecule has 0 bridgehead atoms. The Hall–Kier alpha value is -2.83. The van der Waals surface area contributed by atoms with E-state index in [0.717, 1.165) is 60.1 Å². The average molecular weight is 383 g/mol. The van der Waals surface area contributed by atoms with E-state index in [9.17, 15) is 0 Å². The predicted molar refractivity (Wildman–Crippen MR) is 109 cm³/mol. The molecule has 0 N–H and O–H groups in total. The van der Waals surface area contributed by atoms with Gasteiger partial charge in [-0.2, -0.15) is 5.10 Å². The Morgan fingerprint density at radius 2 is 1.86 bits per heavy atom. The van der Waals surface area contributed by atoms with Gasteiger partial charge in [0.15, 0.2) is 11.6 Å². The van der Waals surface area contributed by atoms with Crippen molar-refractivity contribution in [2.45, 2.75) is 53.1 Å². The molecule has 0 amide bonds. The van der Waals surface area contributed by atoms with Crippen LogP contribution in [0.3, 0.4) is 0 Å². The maximum absolute atomic E-state index is 6.11. The van der Waals surface area contributed by atoms with Crippen LogP contribution in [-0.4, -0.2) is 38.3 Å². The molecule has 2 aromatic heterocycles. The molecular formula is C21H29N5O2. The summed E-state index contributed by atoms with van der Waals surface area (Å²) in [6.45, 7) is 8.43. The smallest absolute Gasteiger partial charge is 0.186 e. The third-order valence-corrected chi connectivity index (χ3v) is 4.59. The first-order chi connectivity index (χ1) is 13.7. The van der Waals surface area contributed by atoms with Crippen LogP contribution in [-0.2, 0) is 13.1 Å². The minimum Gasteiger partial charge on any atom is -0.497 e. The number of ether oxygens (including phenoxy) is 2. The van der Waals surface area contributed by atoms with E-state index in [1.807, 2.05) is 28.3 Å². The summed E-state index contributed by atoms with van der Waals surface area (Å²) >= 11 is 0. The topological polar surface area (TPSA) is 67.0 Å². The van der Waals surface area contributed by atoms with E-state index >= 15 is 0 Å². The summed E-state index contributed by atoms with van der Waals surface area (Å²) in [5, 5.41) is 13.3.